The van der Waals surface area contributed by atoms with Crippen molar-refractivity contribution < 1.29 is 0 Å². The summed E-state index contributed by atoms with van der Waals surface area (Å²) in [5.74, 6) is 0.737. The summed E-state index contributed by atoms with van der Waals surface area (Å²) < 4.78 is 0. The van der Waals surface area contributed by atoms with Crippen molar-refractivity contribution in [2.75, 3.05) is 7.05 Å². The Bertz CT molecular complexity index is 623. The van der Waals surface area contributed by atoms with Crippen LogP contribution in [0.5, 0.6) is 0 Å². The van der Waals surface area contributed by atoms with Crippen LogP contribution in [0, 0.1) is 13.8 Å². The van der Waals surface area contributed by atoms with Crippen molar-refractivity contribution >= 4 is 52.9 Å². The first kappa shape index (κ1) is 19.2. The highest BCUT2D eigenvalue weighted by Gasteiger charge is 2.05. The number of nitrogens with zero attached hydrogens (tertiary/aromatic N) is 2. The standard InChI is InChI=1S/C15H19ClN4S.HI/c1-10-11(2)21-14(20-10)9-19-15(17-3)18-8-12-6-4-5-7-13(12)16;/h4-7H,8-9H2,1-3H3,(H2,17,18,19);1H. The lowest BCUT2D eigenvalue weighted by Crippen LogP contribution is -2.36. The van der Waals surface area contributed by atoms with Gasteiger partial charge in [-0.1, -0.05) is 29.8 Å². The van der Waals surface area contributed by atoms with Gasteiger partial charge in [-0.05, 0) is 25.5 Å². The molecule has 0 aliphatic carbocycles. The fourth-order valence-corrected chi connectivity index (χ4v) is 2.89. The van der Waals surface area contributed by atoms with Gasteiger partial charge in [0.05, 0.1) is 12.2 Å². The normalized spacial score (nSPS) is 11.0. The SMILES string of the molecule is CN=C(NCc1nc(C)c(C)s1)NCc1ccccc1Cl.I. The lowest BCUT2D eigenvalue weighted by Gasteiger charge is -2.11. The van der Waals surface area contributed by atoms with E-state index in [1.165, 1.54) is 4.88 Å². The predicted octanol–water partition coefficient (Wildman–Crippen LogP) is 3.90. The van der Waals surface area contributed by atoms with Crippen LogP contribution in [0.25, 0.3) is 0 Å². The molecule has 2 rings (SSSR count). The average molecular weight is 451 g/mol. The third-order valence-corrected chi connectivity index (χ3v) is 4.55. The first-order chi connectivity index (χ1) is 10.1. The molecule has 1 heterocycles. The highest BCUT2D eigenvalue weighted by atomic mass is 127. The molecule has 4 nitrogen and oxygen atoms in total. The average Bonchev–Trinajstić information content (AvgIpc) is 2.79. The minimum atomic E-state index is 0. The molecule has 0 amide bonds. The number of aryl methyl sites for hydroxylation is 2. The molecule has 0 bridgehead atoms. The van der Waals surface area contributed by atoms with Crippen molar-refractivity contribution in [1.82, 2.24) is 15.6 Å². The number of hydrogen-bond acceptors (Lipinski definition) is 3. The lowest BCUT2D eigenvalue weighted by atomic mass is 10.2. The Hall–Kier alpha value is -0.860. The topological polar surface area (TPSA) is 49.3 Å². The number of nitrogens with one attached hydrogen (secondary N) is 2. The van der Waals surface area contributed by atoms with Crippen molar-refractivity contribution in [1.29, 1.82) is 0 Å². The zero-order valence-corrected chi connectivity index (χ0v) is 16.7. The summed E-state index contributed by atoms with van der Waals surface area (Å²) in [6.45, 7) is 5.41. The summed E-state index contributed by atoms with van der Waals surface area (Å²) in [6, 6.07) is 7.78. The van der Waals surface area contributed by atoms with Crippen LogP contribution in [0.1, 0.15) is 21.1 Å². The van der Waals surface area contributed by atoms with Gasteiger partial charge in [0.2, 0.25) is 0 Å². The van der Waals surface area contributed by atoms with Crippen LogP contribution >= 0.6 is 46.9 Å². The number of rotatable bonds is 4. The third-order valence-electron chi connectivity index (χ3n) is 3.11. The van der Waals surface area contributed by atoms with E-state index in [2.05, 4.69) is 27.5 Å². The molecule has 0 atom stereocenters. The number of aromatic nitrogens is 1. The van der Waals surface area contributed by atoms with Crippen molar-refractivity contribution in [2.24, 2.45) is 4.99 Å². The van der Waals surface area contributed by atoms with Crippen LogP contribution in [-0.2, 0) is 13.1 Å². The lowest BCUT2D eigenvalue weighted by molar-refractivity contribution is 0.803. The molecule has 0 saturated carbocycles. The molecular weight excluding hydrogens is 431 g/mol. The van der Waals surface area contributed by atoms with Crippen molar-refractivity contribution in [3.63, 3.8) is 0 Å². The van der Waals surface area contributed by atoms with Gasteiger partial charge in [-0.15, -0.1) is 35.3 Å². The van der Waals surface area contributed by atoms with Gasteiger partial charge in [-0.2, -0.15) is 0 Å². The van der Waals surface area contributed by atoms with E-state index in [1.807, 2.05) is 31.2 Å². The molecule has 1 aromatic heterocycles. The monoisotopic (exact) mass is 450 g/mol. The third kappa shape index (κ3) is 5.40. The van der Waals surface area contributed by atoms with E-state index in [4.69, 9.17) is 11.6 Å². The summed E-state index contributed by atoms with van der Waals surface area (Å²) >= 11 is 7.84. The van der Waals surface area contributed by atoms with E-state index in [-0.39, 0.29) is 24.0 Å². The second-order valence-corrected chi connectivity index (χ2v) is 6.31. The van der Waals surface area contributed by atoms with Gasteiger partial charge in [0.15, 0.2) is 5.96 Å². The van der Waals surface area contributed by atoms with Gasteiger partial charge in [0.1, 0.15) is 5.01 Å². The number of guanidine groups is 1. The highest BCUT2D eigenvalue weighted by Crippen LogP contribution is 2.16. The summed E-state index contributed by atoms with van der Waals surface area (Å²) in [6.07, 6.45) is 0. The van der Waals surface area contributed by atoms with Crippen LogP contribution in [0.15, 0.2) is 29.3 Å². The molecule has 0 aliphatic heterocycles. The predicted molar refractivity (Wildman–Crippen MR) is 105 cm³/mol. The fraction of sp³-hybridized carbons (Fsp3) is 0.333. The van der Waals surface area contributed by atoms with E-state index in [9.17, 15) is 0 Å². The second kappa shape index (κ2) is 9.32. The molecular formula is C15H20ClIN4S. The maximum atomic E-state index is 6.14. The zero-order valence-electron chi connectivity index (χ0n) is 12.8. The van der Waals surface area contributed by atoms with Crippen molar-refractivity contribution in [3.8, 4) is 0 Å². The molecule has 0 radical (unpaired) electrons. The Morgan fingerprint density at radius 3 is 2.50 bits per heavy atom. The Kier molecular flexibility index (Phi) is 8.13. The molecule has 2 aromatic rings. The molecule has 7 heteroatoms. The van der Waals surface area contributed by atoms with E-state index in [0.29, 0.717) is 13.1 Å². The number of thiazole rings is 1. The Morgan fingerprint density at radius 1 is 1.23 bits per heavy atom. The minimum Gasteiger partial charge on any atom is -0.352 e. The molecule has 1 aromatic carbocycles. The second-order valence-electron chi connectivity index (χ2n) is 4.62. The summed E-state index contributed by atoms with van der Waals surface area (Å²) in [4.78, 5) is 9.96. The fourth-order valence-electron chi connectivity index (χ4n) is 1.82. The van der Waals surface area contributed by atoms with Gasteiger partial charge in [-0.3, -0.25) is 4.99 Å². The zero-order chi connectivity index (χ0) is 15.2. The first-order valence-corrected chi connectivity index (χ1v) is 7.90. The first-order valence-electron chi connectivity index (χ1n) is 6.71. The Balaban J connectivity index is 0.00000242. The highest BCUT2D eigenvalue weighted by molar-refractivity contribution is 14.0. The Labute approximate surface area is 157 Å². The van der Waals surface area contributed by atoms with Crippen LogP contribution in [-0.4, -0.2) is 18.0 Å². The van der Waals surface area contributed by atoms with Crippen LogP contribution < -0.4 is 10.6 Å². The molecule has 2 N–H and O–H groups in total. The molecule has 0 saturated heterocycles. The smallest absolute Gasteiger partial charge is 0.191 e. The van der Waals surface area contributed by atoms with Crippen LogP contribution in [0.3, 0.4) is 0 Å². The minimum absolute atomic E-state index is 0. The summed E-state index contributed by atoms with van der Waals surface area (Å²) in [5, 5.41) is 8.33. The van der Waals surface area contributed by atoms with Gasteiger partial charge in [-0.25, -0.2) is 4.98 Å². The molecule has 120 valence electrons. The van der Waals surface area contributed by atoms with E-state index in [0.717, 1.165) is 27.2 Å². The van der Waals surface area contributed by atoms with Crippen LogP contribution in [0.2, 0.25) is 5.02 Å². The number of hydrogen-bond donors (Lipinski definition) is 2. The summed E-state index contributed by atoms with van der Waals surface area (Å²) in [5.41, 5.74) is 2.14. The van der Waals surface area contributed by atoms with Crippen molar-refractivity contribution in [3.05, 3.63) is 50.4 Å². The number of benzene rings is 1. The number of halogens is 2. The molecule has 0 spiro atoms. The van der Waals surface area contributed by atoms with Crippen molar-refractivity contribution in [2.45, 2.75) is 26.9 Å². The van der Waals surface area contributed by atoms with Gasteiger partial charge in [0, 0.05) is 23.5 Å². The quantitative estimate of drug-likeness (QED) is 0.422. The number of aliphatic imine (C=N–C) groups is 1. The van der Waals surface area contributed by atoms with Crippen LogP contribution in [0.4, 0.5) is 0 Å². The van der Waals surface area contributed by atoms with E-state index in [1.54, 1.807) is 18.4 Å². The Morgan fingerprint density at radius 2 is 1.91 bits per heavy atom. The van der Waals surface area contributed by atoms with Gasteiger partial charge >= 0.3 is 0 Å². The van der Waals surface area contributed by atoms with E-state index >= 15 is 0 Å². The van der Waals surface area contributed by atoms with Gasteiger partial charge in [0.25, 0.3) is 0 Å². The molecule has 22 heavy (non-hydrogen) atoms. The summed E-state index contributed by atoms with van der Waals surface area (Å²) in [7, 11) is 1.75. The largest absolute Gasteiger partial charge is 0.352 e. The molecule has 0 unspecified atom stereocenters. The maximum Gasteiger partial charge on any atom is 0.191 e. The van der Waals surface area contributed by atoms with Gasteiger partial charge < -0.3 is 10.6 Å². The maximum absolute atomic E-state index is 6.14. The molecule has 0 fully saturated rings. The van der Waals surface area contributed by atoms with E-state index < -0.39 is 0 Å². The molecule has 0 aliphatic rings.